The monoisotopic (exact) mass is 494 g/mol. The molecule has 3 aromatic rings. The van der Waals surface area contributed by atoms with Gasteiger partial charge in [-0.3, -0.25) is 19.3 Å². The fourth-order valence-electron chi connectivity index (χ4n) is 3.22. The van der Waals surface area contributed by atoms with Gasteiger partial charge in [0.1, 0.15) is 13.2 Å². The molecule has 1 aliphatic heterocycles. The van der Waals surface area contributed by atoms with Crippen LogP contribution in [0.15, 0.2) is 70.9 Å². The second kappa shape index (κ2) is 11.0. The summed E-state index contributed by atoms with van der Waals surface area (Å²) in [7, 11) is 1.55. The highest BCUT2D eigenvalue weighted by atomic mass is 32.2. The maximum absolute atomic E-state index is 12.5. The fourth-order valence-corrected chi connectivity index (χ4v) is 4.78. The van der Waals surface area contributed by atoms with Crippen LogP contribution in [0.4, 0.5) is 4.79 Å². The Bertz CT molecular complexity index is 1210. The van der Waals surface area contributed by atoms with Crippen LogP contribution in [0.5, 0.6) is 11.5 Å². The van der Waals surface area contributed by atoms with Gasteiger partial charge in [-0.15, -0.1) is 11.3 Å². The largest absolute Gasteiger partial charge is 0.493 e. The number of carbonyl (C=O) groups excluding carboxylic acids is 3. The van der Waals surface area contributed by atoms with Gasteiger partial charge in [0.25, 0.3) is 11.1 Å². The van der Waals surface area contributed by atoms with Crippen LogP contribution >= 0.6 is 23.1 Å². The second-order valence-electron chi connectivity index (χ2n) is 7.32. The number of amides is 3. The molecule has 3 amide bonds. The Morgan fingerprint density at radius 1 is 1.03 bits per heavy atom. The number of imide groups is 1. The van der Waals surface area contributed by atoms with Crippen LogP contribution in [-0.2, 0) is 22.7 Å². The predicted molar refractivity (Wildman–Crippen MR) is 133 cm³/mol. The van der Waals surface area contributed by atoms with Crippen LogP contribution < -0.4 is 14.8 Å². The molecule has 0 saturated carbocycles. The first-order valence-corrected chi connectivity index (χ1v) is 12.1. The summed E-state index contributed by atoms with van der Waals surface area (Å²) in [6.45, 7) is 0.295. The van der Waals surface area contributed by atoms with E-state index in [-0.39, 0.29) is 13.1 Å². The minimum atomic E-state index is -0.458. The lowest BCUT2D eigenvalue weighted by Crippen LogP contribution is -2.39. The Labute approximate surface area is 205 Å². The minimum Gasteiger partial charge on any atom is -0.493 e. The average molecular weight is 495 g/mol. The van der Waals surface area contributed by atoms with E-state index in [1.807, 2.05) is 53.9 Å². The van der Waals surface area contributed by atoms with Gasteiger partial charge in [0.2, 0.25) is 5.91 Å². The topological polar surface area (TPSA) is 84.9 Å². The summed E-state index contributed by atoms with van der Waals surface area (Å²) in [6, 6.07) is 18.9. The Morgan fingerprint density at radius 2 is 1.85 bits per heavy atom. The molecule has 9 heteroatoms. The van der Waals surface area contributed by atoms with Gasteiger partial charge >= 0.3 is 0 Å². The number of carbonyl (C=O) groups is 3. The van der Waals surface area contributed by atoms with Crippen LogP contribution in [-0.4, -0.2) is 35.6 Å². The first kappa shape index (κ1) is 23.6. The average Bonchev–Trinajstić information content (AvgIpc) is 3.46. The zero-order valence-corrected chi connectivity index (χ0v) is 20.0. The first-order valence-electron chi connectivity index (χ1n) is 10.4. The third-order valence-electron chi connectivity index (χ3n) is 4.95. The van der Waals surface area contributed by atoms with Gasteiger partial charge < -0.3 is 14.8 Å². The molecule has 0 spiro atoms. The molecule has 0 radical (unpaired) electrons. The van der Waals surface area contributed by atoms with Gasteiger partial charge in [0.05, 0.1) is 12.0 Å². The number of nitrogens with one attached hydrogen (secondary N) is 1. The zero-order valence-electron chi connectivity index (χ0n) is 18.4. The summed E-state index contributed by atoms with van der Waals surface area (Å²) in [5.74, 6) is 0.257. The molecule has 1 aliphatic rings. The summed E-state index contributed by atoms with van der Waals surface area (Å²) in [4.78, 5) is 39.4. The number of rotatable bonds is 9. The van der Waals surface area contributed by atoms with Crippen LogP contribution in [0.1, 0.15) is 16.0 Å². The summed E-state index contributed by atoms with van der Waals surface area (Å²) < 4.78 is 11.3. The maximum Gasteiger partial charge on any atom is 0.294 e. The molecule has 4 rings (SSSR count). The summed E-state index contributed by atoms with van der Waals surface area (Å²) >= 11 is 2.31. The molecule has 1 aromatic heterocycles. The normalized spacial score (nSPS) is 14.5. The van der Waals surface area contributed by atoms with E-state index in [9.17, 15) is 14.4 Å². The lowest BCUT2D eigenvalue weighted by molar-refractivity contribution is -0.129. The lowest BCUT2D eigenvalue weighted by Gasteiger charge is -2.14. The van der Waals surface area contributed by atoms with Crippen LogP contribution in [0.25, 0.3) is 6.08 Å². The predicted octanol–water partition coefficient (Wildman–Crippen LogP) is 4.69. The number of nitrogens with zero attached hydrogens (tertiary/aromatic N) is 1. The van der Waals surface area contributed by atoms with Crippen molar-refractivity contribution in [2.75, 3.05) is 13.7 Å². The Kier molecular flexibility index (Phi) is 7.66. The van der Waals surface area contributed by atoms with Crippen LogP contribution in [0, 0.1) is 0 Å². The molecule has 34 heavy (non-hydrogen) atoms. The van der Waals surface area contributed by atoms with Gasteiger partial charge in [-0.25, -0.2) is 0 Å². The third kappa shape index (κ3) is 5.86. The maximum atomic E-state index is 12.5. The molecule has 2 aromatic carbocycles. The van der Waals surface area contributed by atoms with Crippen molar-refractivity contribution >= 4 is 46.2 Å². The highest BCUT2D eigenvalue weighted by Gasteiger charge is 2.36. The first-order chi connectivity index (χ1) is 16.5. The Hall–Kier alpha value is -3.56. The smallest absolute Gasteiger partial charge is 0.294 e. The highest BCUT2D eigenvalue weighted by Crippen LogP contribution is 2.33. The standard InChI is InChI=1S/C25H22N2O5S2/c1-31-21-12-18(9-10-20(21)32-16-17-6-3-2-4-7-17)14-26-23(28)15-27-24(29)22(34-25(27)30)13-19-8-5-11-33-19/h2-13H,14-16H2,1H3,(H,26,28)/b22-13-. The number of hydrogen-bond donors (Lipinski definition) is 1. The minimum absolute atomic E-state index is 0.218. The van der Waals surface area contributed by atoms with Gasteiger partial charge in [0.15, 0.2) is 11.5 Å². The van der Waals surface area contributed by atoms with E-state index in [1.165, 1.54) is 11.3 Å². The van der Waals surface area contributed by atoms with Crippen molar-refractivity contribution in [2.45, 2.75) is 13.2 Å². The summed E-state index contributed by atoms with van der Waals surface area (Å²) in [6.07, 6.45) is 1.67. The van der Waals surface area contributed by atoms with E-state index >= 15 is 0 Å². The van der Waals surface area contributed by atoms with Crippen molar-refractivity contribution in [3.05, 3.63) is 87.0 Å². The molecule has 0 aliphatic carbocycles. The molecule has 0 atom stereocenters. The molecule has 1 fully saturated rings. The number of benzene rings is 2. The molecular formula is C25H22N2O5S2. The molecule has 7 nitrogen and oxygen atoms in total. The van der Waals surface area contributed by atoms with Gasteiger partial charge in [0, 0.05) is 11.4 Å². The summed E-state index contributed by atoms with van der Waals surface area (Å²) in [5.41, 5.74) is 1.84. The second-order valence-corrected chi connectivity index (χ2v) is 9.29. The molecule has 0 bridgehead atoms. The quantitative estimate of drug-likeness (QED) is 0.435. The van der Waals surface area contributed by atoms with E-state index in [2.05, 4.69) is 5.32 Å². The van der Waals surface area contributed by atoms with Crippen molar-refractivity contribution in [1.29, 1.82) is 0 Å². The van der Waals surface area contributed by atoms with Gasteiger partial charge in [-0.05, 0) is 52.5 Å². The number of hydrogen-bond acceptors (Lipinski definition) is 7. The van der Waals surface area contributed by atoms with Crippen molar-refractivity contribution in [1.82, 2.24) is 10.2 Å². The van der Waals surface area contributed by atoms with E-state index in [0.29, 0.717) is 23.0 Å². The van der Waals surface area contributed by atoms with Crippen LogP contribution in [0.2, 0.25) is 0 Å². The molecule has 2 heterocycles. The molecular weight excluding hydrogens is 472 g/mol. The number of thiophene rings is 1. The van der Waals surface area contributed by atoms with E-state index < -0.39 is 17.1 Å². The fraction of sp³-hybridized carbons (Fsp3) is 0.160. The summed E-state index contributed by atoms with van der Waals surface area (Å²) in [5, 5.41) is 4.18. The Balaban J connectivity index is 1.32. The van der Waals surface area contributed by atoms with Crippen LogP contribution in [0.3, 0.4) is 0 Å². The van der Waals surface area contributed by atoms with Crippen molar-refractivity contribution in [2.24, 2.45) is 0 Å². The zero-order chi connectivity index (χ0) is 23.9. The van der Waals surface area contributed by atoms with E-state index in [0.717, 1.165) is 32.7 Å². The lowest BCUT2D eigenvalue weighted by atomic mass is 10.2. The van der Waals surface area contributed by atoms with Crippen molar-refractivity contribution < 1.29 is 23.9 Å². The molecule has 1 N–H and O–H groups in total. The van der Waals surface area contributed by atoms with Crippen molar-refractivity contribution in [3.8, 4) is 11.5 Å². The highest BCUT2D eigenvalue weighted by molar-refractivity contribution is 8.18. The molecule has 1 saturated heterocycles. The van der Waals surface area contributed by atoms with Gasteiger partial charge in [-0.1, -0.05) is 42.5 Å². The number of ether oxygens (including phenoxy) is 2. The number of methoxy groups -OCH3 is 1. The third-order valence-corrected chi connectivity index (χ3v) is 6.67. The SMILES string of the molecule is COc1cc(CNC(=O)CN2C(=O)S/C(=C\c3cccs3)C2=O)ccc1OCc1ccccc1. The van der Waals surface area contributed by atoms with E-state index in [1.54, 1.807) is 25.3 Å². The molecule has 0 unspecified atom stereocenters. The molecule has 174 valence electrons. The van der Waals surface area contributed by atoms with Gasteiger partial charge in [-0.2, -0.15) is 0 Å². The Morgan fingerprint density at radius 3 is 2.59 bits per heavy atom. The van der Waals surface area contributed by atoms with E-state index in [4.69, 9.17) is 9.47 Å². The van der Waals surface area contributed by atoms with Crippen molar-refractivity contribution in [3.63, 3.8) is 0 Å². The number of thioether (sulfide) groups is 1.